The Morgan fingerprint density at radius 3 is 2.89 bits per heavy atom. The van der Waals surface area contributed by atoms with Crippen molar-refractivity contribution in [2.75, 3.05) is 0 Å². The number of nitrogens with zero attached hydrogens (tertiary/aromatic N) is 4. The second kappa shape index (κ2) is 3.40. The molecular weight excluding hydrogens is 226 g/mol. The molecule has 18 heavy (non-hydrogen) atoms. The fraction of sp³-hybridized carbons (Fsp3) is 0. The minimum atomic E-state index is 0.684. The van der Waals surface area contributed by atoms with Crippen LogP contribution in [0.15, 0.2) is 42.7 Å². The number of H-pyrrole nitrogens is 1. The molecule has 1 radical (unpaired) electrons. The fourth-order valence-corrected chi connectivity index (χ4v) is 1.97. The lowest BCUT2D eigenvalue weighted by Gasteiger charge is -1.92. The molecule has 0 aliphatic heterocycles. The highest BCUT2D eigenvalue weighted by Crippen LogP contribution is 2.17. The summed E-state index contributed by atoms with van der Waals surface area (Å²) < 4.78 is 1.67. The van der Waals surface area contributed by atoms with Crippen molar-refractivity contribution in [3.8, 4) is 5.82 Å². The molecule has 0 aromatic carbocycles. The minimum absolute atomic E-state index is 0.684. The van der Waals surface area contributed by atoms with Crippen LogP contribution in [0.2, 0.25) is 0 Å². The Hall–Kier alpha value is -2.69. The summed E-state index contributed by atoms with van der Waals surface area (Å²) in [6, 6.07) is 9.71. The van der Waals surface area contributed by atoms with Crippen LogP contribution < -0.4 is 0 Å². The quantitative estimate of drug-likeness (QED) is 0.548. The monoisotopic (exact) mass is 234 g/mol. The molecule has 0 saturated carbocycles. The van der Waals surface area contributed by atoms with Crippen LogP contribution >= 0.6 is 0 Å². The van der Waals surface area contributed by atoms with E-state index in [1.807, 2.05) is 30.3 Å². The van der Waals surface area contributed by atoms with Gasteiger partial charge in [-0.1, -0.05) is 0 Å². The largest absolute Gasteiger partial charge is 0.324 e. The average Bonchev–Trinajstić information content (AvgIpc) is 3.02. The van der Waals surface area contributed by atoms with Gasteiger partial charge in [-0.2, -0.15) is 0 Å². The minimum Gasteiger partial charge on any atom is -0.324 e. The summed E-state index contributed by atoms with van der Waals surface area (Å²) in [7, 11) is 0. The van der Waals surface area contributed by atoms with Gasteiger partial charge in [0.1, 0.15) is 17.7 Å². The zero-order chi connectivity index (χ0) is 11.9. The lowest BCUT2D eigenvalue weighted by molar-refractivity contribution is 0.859. The number of aromatic nitrogens is 5. The Bertz CT molecular complexity index is 704. The summed E-state index contributed by atoms with van der Waals surface area (Å²) in [6.45, 7) is 0. The molecule has 0 amide bonds. The fourth-order valence-electron chi connectivity index (χ4n) is 1.97. The van der Waals surface area contributed by atoms with Crippen LogP contribution in [0.1, 0.15) is 0 Å². The third-order valence-corrected chi connectivity index (χ3v) is 2.81. The van der Waals surface area contributed by atoms with E-state index in [4.69, 9.17) is 0 Å². The van der Waals surface area contributed by atoms with Crippen molar-refractivity contribution in [1.29, 1.82) is 0 Å². The molecule has 5 heteroatoms. The SMILES string of the molecule is [c]1c2cccnc2nn1-c1cc2cccnc2[nH]1. The maximum absolute atomic E-state index is 4.37. The smallest absolute Gasteiger partial charge is 0.182 e. The van der Waals surface area contributed by atoms with Gasteiger partial charge in [0.2, 0.25) is 0 Å². The molecule has 4 aromatic heterocycles. The third kappa shape index (κ3) is 1.31. The maximum atomic E-state index is 4.37. The summed E-state index contributed by atoms with van der Waals surface area (Å²) in [5.41, 5.74) is 1.53. The molecule has 0 atom stereocenters. The summed E-state index contributed by atoms with van der Waals surface area (Å²) in [4.78, 5) is 11.6. The van der Waals surface area contributed by atoms with Crippen LogP contribution in [-0.4, -0.2) is 24.7 Å². The molecule has 0 fully saturated rings. The van der Waals surface area contributed by atoms with Crippen LogP contribution in [0.25, 0.3) is 27.9 Å². The predicted molar refractivity (Wildman–Crippen MR) is 67.4 cm³/mol. The van der Waals surface area contributed by atoms with Gasteiger partial charge in [0, 0.05) is 23.2 Å². The van der Waals surface area contributed by atoms with Gasteiger partial charge in [0.25, 0.3) is 0 Å². The zero-order valence-electron chi connectivity index (χ0n) is 9.33. The molecule has 4 rings (SSSR count). The molecule has 0 bridgehead atoms. The highest BCUT2D eigenvalue weighted by Gasteiger charge is 2.07. The summed E-state index contributed by atoms with van der Waals surface area (Å²) >= 11 is 0. The van der Waals surface area contributed by atoms with Gasteiger partial charge in [-0.15, -0.1) is 5.10 Å². The molecule has 0 unspecified atom stereocenters. The van der Waals surface area contributed by atoms with Crippen molar-refractivity contribution in [1.82, 2.24) is 24.7 Å². The highest BCUT2D eigenvalue weighted by atomic mass is 15.3. The second-order valence-electron chi connectivity index (χ2n) is 3.99. The van der Waals surface area contributed by atoms with Crippen molar-refractivity contribution in [3.05, 3.63) is 48.9 Å². The lowest BCUT2D eigenvalue weighted by atomic mass is 10.3. The van der Waals surface area contributed by atoms with E-state index in [2.05, 4.69) is 26.2 Å². The first-order valence-electron chi connectivity index (χ1n) is 5.57. The topological polar surface area (TPSA) is 59.4 Å². The van der Waals surface area contributed by atoms with Crippen LogP contribution in [0.3, 0.4) is 0 Å². The molecule has 0 aliphatic carbocycles. The first-order chi connectivity index (χ1) is 8.90. The first-order valence-corrected chi connectivity index (χ1v) is 5.57. The van der Waals surface area contributed by atoms with Crippen molar-refractivity contribution >= 4 is 22.1 Å². The average molecular weight is 234 g/mol. The van der Waals surface area contributed by atoms with Gasteiger partial charge < -0.3 is 4.98 Å². The number of rotatable bonds is 1. The number of nitrogens with one attached hydrogen (secondary N) is 1. The summed E-state index contributed by atoms with van der Waals surface area (Å²) in [5.74, 6) is 0.835. The molecule has 0 spiro atoms. The Kier molecular flexibility index (Phi) is 1.77. The van der Waals surface area contributed by atoms with E-state index in [0.717, 1.165) is 22.2 Å². The molecule has 0 saturated heterocycles. The number of fused-ring (bicyclic) bond motifs is 2. The van der Waals surface area contributed by atoms with E-state index < -0.39 is 0 Å². The standard InChI is InChI=1S/C13H8N5/c1-3-9-7-11(16-12(9)14-5-1)18-8-10-4-2-6-15-13(10)17-18/h1-7H,(H,14,16). The lowest BCUT2D eigenvalue weighted by Crippen LogP contribution is -1.94. The first kappa shape index (κ1) is 9.35. The molecule has 1 N–H and O–H groups in total. The van der Waals surface area contributed by atoms with E-state index >= 15 is 0 Å². The molecule has 85 valence electrons. The molecule has 0 aliphatic rings. The van der Waals surface area contributed by atoms with Gasteiger partial charge in [-0.05, 0) is 30.3 Å². The van der Waals surface area contributed by atoms with Crippen LogP contribution in [0.5, 0.6) is 0 Å². The number of aromatic amines is 1. The number of pyridine rings is 2. The highest BCUT2D eigenvalue weighted by molar-refractivity contribution is 5.79. The van der Waals surface area contributed by atoms with Gasteiger partial charge in [-0.3, -0.25) is 0 Å². The number of hydrogen-bond acceptors (Lipinski definition) is 3. The maximum Gasteiger partial charge on any atom is 0.182 e. The zero-order valence-corrected chi connectivity index (χ0v) is 9.33. The van der Waals surface area contributed by atoms with Crippen molar-refractivity contribution in [2.24, 2.45) is 0 Å². The van der Waals surface area contributed by atoms with E-state index in [-0.39, 0.29) is 0 Å². The van der Waals surface area contributed by atoms with E-state index in [1.165, 1.54) is 0 Å². The molecule has 4 aromatic rings. The van der Waals surface area contributed by atoms with Crippen molar-refractivity contribution in [3.63, 3.8) is 0 Å². The van der Waals surface area contributed by atoms with Crippen molar-refractivity contribution in [2.45, 2.75) is 0 Å². The Balaban J connectivity index is 1.95. The number of hydrogen-bond donors (Lipinski definition) is 1. The Morgan fingerprint density at radius 1 is 1.11 bits per heavy atom. The summed E-state index contributed by atoms with van der Waals surface area (Å²) in [5, 5.41) is 6.31. The molecular formula is C13H8N5. The molecule has 4 heterocycles. The normalized spacial score (nSPS) is 11.3. The van der Waals surface area contributed by atoms with Gasteiger partial charge in [0.15, 0.2) is 5.65 Å². The van der Waals surface area contributed by atoms with E-state index in [1.54, 1.807) is 17.1 Å². The van der Waals surface area contributed by atoms with Crippen LogP contribution in [-0.2, 0) is 0 Å². The Labute approximate surface area is 102 Å². The third-order valence-electron chi connectivity index (χ3n) is 2.81. The predicted octanol–water partition coefficient (Wildman–Crippen LogP) is 2.10. The Morgan fingerprint density at radius 2 is 2.00 bits per heavy atom. The van der Waals surface area contributed by atoms with E-state index in [0.29, 0.717) is 5.65 Å². The van der Waals surface area contributed by atoms with Crippen LogP contribution in [0.4, 0.5) is 0 Å². The van der Waals surface area contributed by atoms with Crippen molar-refractivity contribution < 1.29 is 0 Å². The molecule has 5 nitrogen and oxygen atoms in total. The van der Waals surface area contributed by atoms with Gasteiger partial charge in [0.05, 0.1) is 0 Å². The van der Waals surface area contributed by atoms with Crippen LogP contribution in [0, 0.1) is 6.20 Å². The van der Waals surface area contributed by atoms with Gasteiger partial charge >= 0.3 is 0 Å². The van der Waals surface area contributed by atoms with Gasteiger partial charge in [-0.25, -0.2) is 14.6 Å². The van der Waals surface area contributed by atoms with E-state index in [9.17, 15) is 0 Å². The summed E-state index contributed by atoms with van der Waals surface area (Å²) in [6.07, 6.45) is 6.64. The second-order valence-corrected chi connectivity index (χ2v) is 3.99.